The van der Waals surface area contributed by atoms with Gasteiger partial charge in [0, 0.05) is 0 Å². The van der Waals surface area contributed by atoms with Crippen LogP contribution in [0, 0.1) is 0 Å². The molecule has 0 radical (unpaired) electrons. The van der Waals surface area contributed by atoms with E-state index < -0.39 is 45.1 Å². The Hall–Kier alpha value is -1.45. The Balaban J connectivity index is 3.55. The molecule has 0 aromatic heterocycles. The van der Waals surface area contributed by atoms with Crippen LogP contribution in [0.2, 0.25) is 0 Å². The van der Waals surface area contributed by atoms with Crippen molar-refractivity contribution < 1.29 is 38.9 Å². The second kappa shape index (κ2) is 5.15. The highest BCUT2D eigenvalue weighted by Crippen LogP contribution is 2.45. The molecule has 1 aromatic carbocycles. The van der Waals surface area contributed by atoms with E-state index in [-0.39, 0.29) is 6.07 Å². The fraction of sp³-hybridized carbons (Fsp3) is 0.400. The third-order valence-corrected chi connectivity index (χ3v) is 3.33. The second-order valence-corrected chi connectivity index (χ2v) is 5.46. The molecular formula is C10H8F6O3S. The smallest absolute Gasteiger partial charge is 0.382 e. The van der Waals surface area contributed by atoms with Crippen molar-refractivity contribution in [1.82, 2.24) is 0 Å². The molecular weight excluding hydrogens is 314 g/mol. The molecule has 0 saturated carbocycles. The third kappa shape index (κ3) is 3.78. The first kappa shape index (κ1) is 16.6. The maximum Gasteiger partial charge on any atom is 0.420 e. The van der Waals surface area contributed by atoms with Crippen LogP contribution in [0.1, 0.15) is 18.1 Å². The minimum absolute atomic E-state index is 0.203. The van der Waals surface area contributed by atoms with Crippen LogP contribution in [0.3, 0.4) is 0 Å². The summed E-state index contributed by atoms with van der Waals surface area (Å²) in [4.78, 5) is 0. The van der Waals surface area contributed by atoms with Gasteiger partial charge in [-0.1, -0.05) is 6.07 Å². The van der Waals surface area contributed by atoms with E-state index >= 15 is 0 Å². The summed E-state index contributed by atoms with van der Waals surface area (Å²) in [7, 11) is -4.38. The van der Waals surface area contributed by atoms with E-state index in [9.17, 15) is 34.8 Å². The van der Waals surface area contributed by atoms with Gasteiger partial charge in [-0.05, 0) is 19.1 Å². The van der Waals surface area contributed by atoms with E-state index in [4.69, 9.17) is 0 Å². The maximum absolute atomic E-state index is 12.7. The number of benzene rings is 1. The zero-order chi connectivity index (χ0) is 15.8. The molecule has 0 fully saturated rings. The Morgan fingerprint density at radius 3 is 2.00 bits per heavy atom. The quantitative estimate of drug-likeness (QED) is 0.632. The van der Waals surface area contributed by atoms with Crippen molar-refractivity contribution in [2.75, 3.05) is 5.75 Å². The highest BCUT2D eigenvalue weighted by molar-refractivity contribution is 7.87. The summed E-state index contributed by atoms with van der Waals surface area (Å²) in [5.41, 5.74) is -4.17. The van der Waals surface area contributed by atoms with E-state index in [0.29, 0.717) is 12.1 Å². The molecule has 1 aromatic rings. The molecule has 0 aliphatic heterocycles. The van der Waals surface area contributed by atoms with Crippen LogP contribution < -0.4 is 4.18 Å². The van der Waals surface area contributed by atoms with Crippen LogP contribution in [0.5, 0.6) is 5.75 Å². The van der Waals surface area contributed by atoms with Gasteiger partial charge in [-0.3, -0.25) is 0 Å². The number of alkyl halides is 6. The van der Waals surface area contributed by atoms with Crippen LogP contribution in [0.4, 0.5) is 26.3 Å². The van der Waals surface area contributed by atoms with Gasteiger partial charge in [0.2, 0.25) is 0 Å². The topological polar surface area (TPSA) is 43.4 Å². The molecule has 3 nitrogen and oxygen atoms in total. The minimum atomic E-state index is -5.41. The fourth-order valence-electron chi connectivity index (χ4n) is 1.32. The van der Waals surface area contributed by atoms with Crippen molar-refractivity contribution in [1.29, 1.82) is 0 Å². The van der Waals surface area contributed by atoms with Gasteiger partial charge in [0.05, 0.1) is 11.3 Å². The lowest BCUT2D eigenvalue weighted by molar-refractivity contribution is -0.162. The van der Waals surface area contributed by atoms with Crippen LogP contribution in [-0.4, -0.2) is 14.2 Å². The van der Waals surface area contributed by atoms with E-state index in [2.05, 4.69) is 4.18 Å². The Bertz CT molecular complexity index is 588. The predicted octanol–water partition coefficient (Wildman–Crippen LogP) is 3.45. The number of halogens is 6. The highest BCUT2D eigenvalue weighted by Gasteiger charge is 2.46. The van der Waals surface area contributed by atoms with Crippen molar-refractivity contribution in [3.63, 3.8) is 0 Å². The summed E-state index contributed by atoms with van der Waals surface area (Å²) in [6, 6.07) is 1.36. The molecule has 0 bridgehead atoms. The lowest BCUT2D eigenvalue weighted by Gasteiger charge is -2.18. The Labute approximate surface area is 110 Å². The third-order valence-electron chi connectivity index (χ3n) is 2.19. The van der Waals surface area contributed by atoms with E-state index in [0.717, 1.165) is 6.92 Å². The highest BCUT2D eigenvalue weighted by atomic mass is 32.2. The summed E-state index contributed by atoms with van der Waals surface area (Å²) in [5.74, 6) is -2.07. The van der Waals surface area contributed by atoms with E-state index in [1.165, 1.54) is 0 Å². The Morgan fingerprint density at radius 2 is 1.60 bits per heavy atom. The molecule has 0 aliphatic rings. The van der Waals surface area contributed by atoms with Gasteiger partial charge < -0.3 is 4.18 Å². The zero-order valence-electron chi connectivity index (χ0n) is 9.84. The van der Waals surface area contributed by atoms with Gasteiger partial charge in [-0.2, -0.15) is 34.8 Å². The van der Waals surface area contributed by atoms with Crippen LogP contribution >= 0.6 is 0 Å². The predicted molar refractivity (Wildman–Crippen MR) is 56.5 cm³/mol. The van der Waals surface area contributed by atoms with Gasteiger partial charge in [-0.15, -0.1) is 0 Å². The van der Waals surface area contributed by atoms with Gasteiger partial charge in [0.15, 0.2) is 5.75 Å². The molecule has 1 rings (SSSR count). The molecule has 0 atom stereocenters. The number of hydrogen-bond donors (Lipinski definition) is 0. The average molecular weight is 322 g/mol. The standard InChI is InChI=1S/C10H8F6O3S/c1-2-20(17,18)19-7-5-3-4-6(9(11,12)13)8(7)10(14,15)16/h3-5H,2H2,1H3. The summed E-state index contributed by atoms with van der Waals surface area (Å²) < 4.78 is 102. The van der Waals surface area contributed by atoms with E-state index in [1.807, 2.05) is 0 Å². The lowest BCUT2D eigenvalue weighted by atomic mass is 10.1. The van der Waals surface area contributed by atoms with Crippen LogP contribution in [-0.2, 0) is 22.5 Å². The lowest BCUT2D eigenvalue weighted by Crippen LogP contribution is -2.20. The largest absolute Gasteiger partial charge is 0.420 e. The summed E-state index contributed by atoms with van der Waals surface area (Å²) in [5, 5.41) is 0. The van der Waals surface area contributed by atoms with Crippen LogP contribution in [0.15, 0.2) is 18.2 Å². The molecule has 20 heavy (non-hydrogen) atoms. The Morgan fingerprint density at radius 1 is 1.05 bits per heavy atom. The average Bonchev–Trinajstić information content (AvgIpc) is 2.25. The summed E-state index contributed by atoms with van der Waals surface area (Å²) in [6.45, 7) is 1.08. The minimum Gasteiger partial charge on any atom is -0.382 e. The molecule has 0 saturated heterocycles. The van der Waals surface area contributed by atoms with Crippen molar-refractivity contribution in [3.05, 3.63) is 29.3 Å². The second-order valence-electron chi connectivity index (χ2n) is 3.60. The molecule has 0 spiro atoms. The monoisotopic (exact) mass is 322 g/mol. The first-order valence-corrected chi connectivity index (χ1v) is 6.66. The molecule has 0 N–H and O–H groups in total. The number of hydrogen-bond acceptors (Lipinski definition) is 3. The fourth-order valence-corrected chi connectivity index (χ4v) is 1.86. The summed E-state index contributed by atoms with van der Waals surface area (Å²) >= 11 is 0. The van der Waals surface area contributed by atoms with Gasteiger partial charge >= 0.3 is 22.5 Å². The molecule has 114 valence electrons. The van der Waals surface area contributed by atoms with Crippen molar-refractivity contribution in [3.8, 4) is 5.75 Å². The Kier molecular flexibility index (Phi) is 4.28. The van der Waals surface area contributed by atoms with Gasteiger partial charge in [0.25, 0.3) is 0 Å². The van der Waals surface area contributed by atoms with Crippen LogP contribution in [0.25, 0.3) is 0 Å². The molecule has 0 aliphatic carbocycles. The zero-order valence-corrected chi connectivity index (χ0v) is 10.7. The first-order valence-electron chi connectivity index (χ1n) is 5.08. The van der Waals surface area contributed by atoms with Crippen molar-refractivity contribution in [2.45, 2.75) is 19.3 Å². The van der Waals surface area contributed by atoms with Crippen molar-refractivity contribution >= 4 is 10.1 Å². The number of rotatable bonds is 3. The molecule has 0 unspecified atom stereocenters. The molecule has 10 heteroatoms. The SMILES string of the molecule is CCS(=O)(=O)Oc1cccc(C(F)(F)F)c1C(F)(F)F. The van der Waals surface area contributed by atoms with E-state index in [1.54, 1.807) is 0 Å². The first-order chi connectivity index (χ1) is 8.88. The summed E-state index contributed by atoms with van der Waals surface area (Å²) in [6.07, 6.45) is -10.7. The molecule has 0 amide bonds. The molecule has 0 heterocycles. The van der Waals surface area contributed by atoms with Gasteiger partial charge in [0.1, 0.15) is 5.56 Å². The maximum atomic E-state index is 12.7. The normalized spacial score (nSPS) is 13.3. The van der Waals surface area contributed by atoms with Crippen molar-refractivity contribution in [2.24, 2.45) is 0 Å². The van der Waals surface area contributed by atoms with Gasteiger partial charge in [-0.25, -0.2) is 0 Å².